The number of pyridine rings is 1. The molecule has 3 rings (SSSR count). The second-order valence-electron chi connectivity index (χ2n) is 6.61. The maximum atomic E-state index is 12.2. The highest BCUT2D eigenvalue weighted by Gasteiger charge is 2.52. The summed E-state index contributed by atoms with van der Waals surface area (Å²) >= 11 is 0. The number of hydrogen-bond acceptors (Lipinski definition) is 5. The minimum Gasteiger partial charge on any atom is -0.466 e. The summed E-state index contributed by atoms with van der Waals surface area (Å²) in [6.45, 7) is 4.63. The highest BCUT2D eigenvalue weighted by atomic mass is 16.6. The fourth-order valence-corrected chi connectivity index (χ4v) is 3.34. The highest BCUT2D eigenvalue weighted by Crippen LogP contribution is 2.46. The molecule has 124 valence electrons. The van der Waals surface area contributed by atoms with Crippen LogP contribution in [-0.2, 0) is 14.3 Å². The first-order valence-electron chi connectivity index (χ1n) is 8.07. The molecule has 2 heterocycles. The van der Waals surface area contributed by atoms with Crippen LogP contribution in [0.5, 0.6) is 0 Å². The molecule has 1 aliphatic carbocycles. The van der Waals surface area contributed by atoms with Gasteiger partial charge in [0.25, 0.3) is 0 Å². The van der Waals surface area contributed by atoms with Crippen molar-refractivity contribution < 1.29 is 19.1 Å². The highest BCUT2D eigenvalue weighted by molar-refractivity contribution is 5.89. The molecule has 1 amide bonds. The molecule has 0 radical (unpaired) electrons. The van der Waals surface area contributed by atoms with Crippen LogP contribution in [0.4, 0.5) is 10.6 Å². The monoisotopic (exact) mass is 318 g/mol. The Kier molecular flexibility index (Phi) is 4.00. The molecule has 1 aromatic rings. The van der Waals surface area contributed by atoms with Crippen LogP contribution in [0.15, 0.2) is 24.4 Å². The predicted octanol–water partition coefficient (Wildman–Crippen LogP) is 2.92. The second-order valence-corrected chi connectivity index (χ2v) is 6.61. The van der Waals surface area contributed by atoms with Crippen LogP contribution < -0.4 is 4.90 Å². The molecule has 0 N–H and O–H groups in total. The molecular weight excluding hydrogens is 296 g/mol. The van der Waals surface area contributed by atoms with Gasteiger partial charge in [0.1, 0.15) is 11.4 Å². The third-order valence-electron chi connectivity index (χ3n) is 4.93. The van der Waals surface area contributed by atoms with Crippen molar-refractivity contribution in [3.05, 3.63) is 24.4 Å². The molecule has 1 aliphatic heterocycles. The van der Waals surface area contributed by atoms with Crippen LogP contribution >= 0.6 is 0 Å². The zero-order chi connectivity index (χ0) is 16.5. The number of ether oxygens (including phenoxy) is 2. The smallest absolute Gasteiger partial charge is 0.416 e. The van der Waals surface area contributed by atoms with E-state index < -0.39 is 11.0 Å². The lowest BCUT2D eigenvalue weighted by Gasteiger charge is -2.39. The number of rotatable bonds is 3. The van der Waals surface area contributed by atoms with E-state index in [0.717, 1.165) is 0 Å². The largest absolute Gasteiger partial charge is 0.466 e. The molecule has 0 atom stereocenters. The quantitative estimate of drug-likeness (QED) is 0.802. The van der Waals surface area contributed by atoms with E-state index in [1.165, 1.54) is 0 Å². The summed E-state index contributed by atoms with van der Waals surface area (Å²) in [6, 6.07) is 5.46. The summed E-state index contributed by atoms with van der Waals surface area (Å²) in [5, 5.41) is 0. The topological polar surface area (TPSA) is 68.7 Å². The number of carbonyl (C=O) groups is 2. The lowest BCUT2D eigenvalue weighted by Crippen LogP contribution is -2.44. The van der Waals surface area contributed by atoms with Crippen molar-refractivity contribution in [3.8, 4) is 0 Å². The number of amides is 1. The van der Waals surface area contributed by atoms with E-state index in [2.05, 4.69) is 4.98 Å². The normalized spacial score (nSPS) is 30.3. The average molecular weight is 318 g/mol. The number of nitrogens with zero attached hydrogens (tertiary/aromatic N) is 2. The van der Waals surface area contributed by atoms with Crippen molar-refractivity contribution in [2.45, 2.75) is 45.1 Å². The van der Waals surface area contributed by atoms with Gasteiger partial charge in [-0.05, 0) is 51.7 Å². The van der Waals surface area contributed by atoms with Gasteiger partial charge in [0.05, 0.1) is 18.6 Å². The van der Waals surface area contributed by atoms with Gasteiger partial charge in [0, 0.05) is 6.20 Å². The molecule has 1 aromatic heterocycles. The summed E-state index contributed by atoms with van der Waals surface area (Å²) in [6.07, 6.45) is 3.95. The minimum atomic E-state index is -0.513. The van der Waals surface area contributed by atoms with Crippen LogP contribution in [0.25, 0.3) is 0 Å². The second kappa shape index (κ2) is 5.83. The van der Waals surface area contributed by atoms with E-state index in [1.807, 2.05) is 26.0 Å². The maximum Gasteiger partial charge on any atom is 0.416 e. The van der Waals surface area contributed by atoms with Gasteiger partial charge in [0.2, 0.25) is 0 Å². The van der Waals surface area contributed by atoms with E-state index in [1.54, 1.807) is 17.2 Å². The molecule has 0 unspecified atom stereocenters. The minimum absolute atomic E-state index is 0.152. The summed E-state index contributed by atoms with van der Waals surface area (Å²) in [7, 11) is 0. The molecule has 23 heavy (non-hydrogen) atoms. The molecule has 2 fully saturated rings. The molecule has 0 bridgehead atoms. The Labute approximate surface area is 135 Å². The third-order valence-corrected chi connectivity index (χ3v) is 4.93. The first-order valence-corrected chi connectivity index (χ1v) is 8.07. The molecule has 6 heteroatoms. The zero-order valence-corrected chi connectivity index (χ0v) is 13.6. The van der Waals surface area contributed by atoms with Crippen molar-refractivity contribution >= 4 is 17.9 Å². The Morgan fingerprint density at radius 2 is 2.09 bits per heavy atom. The SMILES string of the molecule is CCOC(=O)C1(C)CCC2(CC1)CN(c1ccccn1)C(=O)O2. The molecule has 0 aromatic carbocycles. The lowest BCUT2D eigenvalue weighted by atomic mass is 9.69. The number of aromatic nitrogens is 1. The van der Waals surface area contributed by atoms with Crippen molar-refractivity contribution in [3.63, 3.8) is 0 Å². The van der Waals surface area contributed by atoms with Gasteiger partial charge in [-0.2, -0.15) is 0 Å². The van der Waals surface area contributed by atoms with Crippen molar-refractivity contribution in [2.75, 3.05) is 18.1 Å². The molecular formula is C17H22N2O4. The van der Waals surface area contributed by atoms with Gasteiger partial charge in [-0.25, -0.2) is 9.78 Å². The first kappa shape index (κ1) is 15.8. The van der Waals surface area contributed by atoms with E-state index in [0.29, 0.717) is 44.7 Å². The Morgan fingerprint density at radius 1 is 1.35 bits per heavy atom. The number of carbonyl (C=O) groups excluding carboxylic acids is 2. The van der Waals surface area contributed by atoms with Crippen LogP contribution in [0.1, 0.15) is 39.5 Å². The zero-order valence-electron chi connectivity index (χ0n) is 13.6. The Bertz CT molecular complexity index is 594. The standard InChI is InChI=1S/C17H22N2O4/c1-3-22-14(20)16(2)7-9-17(10-8-16)12-19(15(21)23-17)13-6-4-5-11-18-13/h4-6,11H,3,7-10,12H2,1-2H3. The predicted molar refractivity (Wildman–Crippen MR) is 84.0 cm³/mol. The first-order chi connectivity index (χ1) is 11.0. The van der Waals surface area contributed by atoms with E-state index in [4.69, 9.17) is 9.47 Å². The van der Waals surface area contributed by atoms with E-state index in [9.17, 15) is 9.59 Å². The fourth-order valence-electron chi connectivity index (χ4n) is 3.34. The van der Waals surface area contributed by atoms with Gasteiger partial charge in [0.15, 0.2) is 0 Å². The van der Waals surface area contributed by atoms with Crippen LogP contribution in [0, 0.1) is 5.41 Å². The lowest BCUT2D eigenvalue weighted by molar-refractivity contribution is -0.158. The summed E-state index contributed by atoms with van der Waals surface area (Å²) in [5.74, 6) is 0.453. The van der Waals surface area contributed by atoms with Crippen LogP contribution in [0.2, 0.25) is 0 Å². The van der Waals surface area contributed by atoms with Gasteiger partial charge in [-0.3, -0.25) is 9.69 Å². The molecule has 2 aliphatic rings. The van der Waals surface area contributed by atoms with E-state index in [-0.39, 0.29) is 12.1 Å². The molecule has 1 saturated heterocycles. The summed E-state index contributed by atoms with van der Waals surface area (Å²) < 4.78 is 10.9. The van der Waals surface area contributed by atoms with Crippen LogP contribution in [-0.4, -0.2) is 35.8 Å². The van der Waals surface area contributed by atoms with Crippen LogP contribution in [0.3, 0.4) is 0 Å². The van der Waals surface area contributed by atoms with E-state index >= 15 is 0 Å². The molecule has 1 saturated carbocycles. The Balaban J connectivity index is 1.70. The third kappa shape index (κ3) is 2.90. The van der Waals surface area contributed by atoms with Gasteiger partial charge in [-0.1, -0.05) is 6.07 Å². The number of esters is 1. The summed E-state index contributed by atoms with van der Waals surface area (Å²) in [4.78, 5) is 30.1. The maximum absolute atomic E-state index is 12.2. The fraction of sp³-hybridized carbons (Fsp3) is 0.588. The van der Waals surface area contributed by atoms with Crippen molar-refractivity contribution in [1.29, 1.82) is 0 Å². The van der Waals surface area contributed by atoms with Gasteiger partial charge >= 0.3 is 12.1 Å². The van der Waals surface area contributed by atoms with Crippen molar-refractivity contribution in [1.82, 2.24) is 4.98 Å². The average Bonchev–Trinajstić information content (AvgIpc) is 2.89. The number of anilines is 1. The summed E-state index contributed by atoms with van der Waals surface area (Å²) in [5.41, 5.74) is -0.993. The Hall–Kier alpha value is -2.11. The van der Waals surface area contributed by atoms with Gasteiger partial charge < -0.3 is 9.47 Å². The molecule has 1 spiro atoms. The molecule has 6 nitrogen and oxygen atoms in total. The Morgan fingerprint density at radius 3 is 2.70 bits per heavy atom. The van der Waals surface area contributed by atoms with Crippen molar-refractivity contribution in [2.24, 2.45) is 5.41 Å². The number of hydrogen-bond donors (Lipinski definition) is 0. The van der Waals surface area contributed by atoms with Gasteiger partial charge in [-0.15, -0.1) is 0 Å².